The number of halogens is 2. The Bertz CT molecular complexity index is 746. The molecular formula is C13H10ClFN6. The highest BCUT2D eigenvalue weighted by molar-refractivity contribution is 6.28. The summed E-state index contributed by atoms with van der Waals surface area (Å²) < 4.78 is 15.0. The summed E-state index contributed by atoms with van der Waals surface area (Å²) in [7, 11) is 0. The molecule has 106 valence electrons. The molecule has 21 heavy (non-hydrogen) atoms. The number of anilines is 1. The van der Waals surface area contributed by atoms with Crippen LogP contribution in [0.25, 0.3) is 5.95 Å². The maximum atomic E-state index is 13.5. The van der Waals surface area contributed by atoms with Gasteiger partial charge in [0, 0.05) is 24.5 Å². The fourth-order valence-electron chi connectivity index (χ4n) is 1.72. The van der Waals surface area contributed by atoms with Crippen LogP contribution in [-0.2, 0) is 6.54 Å². The second-order valence-corrected chi connectivity index (χ2v) is 4.46. The van der Waals surface area contributed by atoms with Gasteiger partial charge in [0.1, 0.15) is 5.82 Å². The van der Waals surface area contributed by atoms with Crippen molar-refractivity contribution in [3.8, 4) is 5.95 Å². The zero-order valence-electron chi connectivity index (χ0n) is 10.7. The van der Waals surface area contributed by atoms with Crippen LogP contribution in [0.5, 0.6) is 0 Å². The van der Waals surface area contributed by atoms with Crippen LogP contribution < -0.4 is 5.32 Å². The third-order valence-corrected chi connectivity index (χ3v) is 2.87. The number of aromatic nitrogens is 5. The van der Waals surface area contributed by atoms with Crippen molar-refractivity contribution in [1.82, 2.24) is 24.7 Å². The first-order chi connectivity index (χ1) is 10.2. The van der Waals surface area contributed by atoms with Gasteiger partial charge in [-0.3, -0.25) is 0 Å². The molecule has 0 aliphatic heterocycles. The summed E-state index contributed by atoms with van der Waals surface area (Å²) in [5.41, 5.74) is 0.509. The molecule has 0 aliphatic carbocycles. The second-order valence-electron chi connectivity index (χ2n) is 4.12. The minimum absolute atomic E-state index is 0.0338. The minimum Gasteiger partial charge on any atom is -0.350 e. The molecule has 0 amide bonds. The smallest absolute Gasteiger partial charge is 0.256 e. The molecule has 1 aromatic carbocycles. The number of hydrogen-bond donors (Lipinski definition) is 1. The van der Waals surface area contributed by atoms with Crippen molar-refractivity contribution in [2.24, 2.45) is 0 Å². The van der Waals surface area contributed by atoms with Gasteiger partial charge in [-0.25, -0.2) is 9.07 Å². The van der Waals surface area contributed by atoms with E-state index < -0.39 is 0 Å². The Morgan fingerprint density at radius 1 is 1.14 bits per heavy atom. The summed E-state index contributed by atoms with van der Waals surface area (Å²) >= 11 is 5.86. The van der Waals surface area contributed by atoms with Gasteiger partial charge in [-0.05, 0) is 23.7 Å². The van der Waals surface area contributed by atoms with Gasteiger partial charge in [0.25, 0.3) is 5.95 Å². The first-order valence-electron chi connectivity index (χ1n) is 6.11. The van der Waals surface area contributed by atoms with Crippen LogP contribution >= 0.6 is 11.6 Å². The van der Waals surface area contributed by atoms with Crippen molar-refractivity contribution >= 4 is 17.5 Å². The molecule has 0 unspecified atom stereocenters. The fraction of sp³-hybridized carbons (Fsp3) is 0.0769. The van der Waals surface area contributed by atoms with Gasteiger partial charge < -0.3 is 5.32 Å². The van der Waals surface area contributed by atoms with Crippen LogP contribution in [0.3, 0.4) is 0 Å². The van der Waals surface area contributed by atoms with E-state index >= 15 is 0 Å². The molecule has 0 saturated heterocycles. The number of rotatable bonds is 4. The van der Waals surface area contributed by atoms with Crippen molar-refractivity contribution in [2.45, 2.75) is 6.54 Å². The van der Waals surface area contributed by atoms with Crippen LogP contribution in [0, 0.1) is 5.82 Å². The highest BCUT2D eigenvalue weighted by Crippen LogP contribution is 2.12. The van der Waals surface area contributed by atoms with E-state index in [0.29, 0.717) is 5.56 Å². The average Bonchev–Trinajstić information content (AvgIpc) is 3.00. The van der Waals surface area contributed by atoms with Crippen molar-refractivity contribution in [2.75, 3.05) is 5.32 Å². The van der Waals surface area contributed by atoms with Crippen molar-refractivity contribution in [3.63, 3.8) is 0 Å². The van der Waals surface area contributed by atoms with Gasteiger partial charge in [0.05, 0.1) is 0 Å². The molecule has 0 fully saturated rings. The standard InChI is InChI=1S/C13H10ClFN6/c14-11-18-12(16-8-9-4-1-2-5-10(9)15)20-13(19-11)21-7-3-6-17-21/h1-7H,8H2,(H,16,18,19,20). The van der Waals surface area contributed by atoms with E-state index in [1.165, 1.54) is 10.7 Å². The van der Waals surface area contributed by atoms with Gasteiger partial charge in [-0.2, -0.15) is 20.1 Å². The van der Waals surface area contributed by atoms with E-state index in [9.17, 15) is 4.39 Å². The van der Waals surface area contributed by atoms with Crippen LogP contribution in [0.1, 0.15) is 5.56 Å². The largest absolute Gasteiger partial charge is 0.350 e. The monoisotopic (exact) mass is 304 g/mol. The number of nitrogens with zero attached hydrogens (tertiary/aromatic N) is 5. The van der Waals surface area contributed by atoms with Crippen LogP contribution in [0.2, 0.25) is 5.28 Å². The molecule has 2 aromatic heterocycles. The zero-order valence-corrected chi connectivity index (χ0v) is 11.5. The number of benzene rings is 1. The molecule has 3 rings (SSSR count). The Hall–Kier alpha value is -2.54. The van der Waals surface area contributed by atoms with Gasteiger partial charge in [0.15, 0.2) is 0 Å². The van der Waals surface area contributed by atoms with Crippen molar-refractivity contribution < 1.29 is 4.39 Å². The number of nitrogens with one attached hydrogen (secondary N) is 1. The Kier molecular flexibility index (Phi) is 3.74. The molecule has 2 heterocycles. The normalized spacial score (nSPS) is 10.6. The summed E-state index contributed by atoms with van der Waals surface area (Å²) in [5, 5.41) is 6.97. The van der Waals surface area contributed by atoms with Crippen LogP contribution in [0.15, 0.2) is 42.7 Å². The SMILES string of the molecule is Fc1ccccc1CNc1nc(Cl)nc(-n2cccn2)n1. The molecule has 8 heteroatoms. The van der Waals surface area contributed by atoms with Gasteiger partial charge in [-0.1, -0.05) is 18.2 Å². The van der Waals surface area contributed by atoms with Gasteiger partial charge >= 0.3 is 0 Å². The van der Waals surface area contributed by atoms with Crippen LogP contribution in [0.4, 0.5) is 10.3 Å². The highest BCUT2D eigenvalue weighted by atomic mass is 35.5. The predicted molar refractivity (Wildman–Crippen MR) is 75.7 cm³/mol. The summed E-state index contributed by atoms with van der Waals surface area (Å²) in [5.74, 6) is 0.247. The molecule has 3 aromatic rings. The Morgan fingerprint density at radius 3 is 2.76 bits per heavy atom. The van der Waals surface area contributed by atoms with E-state index in [2.05, 4.69) is 25.4 Å². The molecule has 0 bridgehead atoms. The molecule has 6 nitrogen and oxygen atoms in total. The Morgan fingerprint density at radius 2 is 2.00 bits per heavy atom. The maximum absolute atomic E-state index is 13.5. The zero-order chi connectivity index (χ0) is 14.7. The van der Waals surface area contributed by atoms with Gasteiger partial charge in [0.2, 0.25) is 11.2 Å². The van der Waals surface area contributed by atoms with Gasteiger partial charge in [-0.15, -0.1) is 0 Å². The van der Waals surface area contributed by atoms with E-state index in [1.807, 2.05) is 0 Å². The molecule has 0 aliphatic rings. The molecule has 0 radical (unpaired) electrons. The highest BCUT2D eigenvalue weighted by Gasteiger charge is 2.08. The molecule has 1 N–H and O–H groups in total. The maximum Gasteiger partial charge on any atom is 0.256 e. The lowest BCUT2D eigenvalue weighted by molar-refractivity contribution is 0.612. The third-order valence-electron chi connectivity index (χ3n) is 2.70. The van der Waals surface area contributed by atoms with E-state index in [-0.39, 0.29) is 29.5 Å². The quantitative estimate of drug-likeness (QED) is 0.802. The molecule has 0 atom stereocenters. The number of hydrogen-bond acceptors (Lipinski definition) is 5. The fourth-order valence-corrected chi connectivity index (χ4v) is 1.88. The summed E-state index contributed by atoms with van der Waals surface area (Å²) in [6, 6.07) is 8.21. The van der Waals surface area contributed by atoms with E-state index in [1.54, 1.807) is 36.7 Å². The summed E-state index contributed by atoms with van der Waals surface area (Å²) in [6.45, 7) is 0.242. The lowest BCUT2D eigenvalue weighted by atomic mass is 10.2. The topological polar surface area (TPSA) is 68.5 Å². The lowest BCUT2D eigenvalue weighted by Crippen LogP contribution is -2.10. The van der Waals surface area contributed by atoms with Crippen LogP contribution in [-0.4, -0.2) is 24.7 Å². The van der Waals surface area contributed by atoms with E-state index in [0.717, 1.165) is 0 Å². The summed E-state index contributed by atoms with van der Waals surface area (Å²) in [6.07, 6.45) is 3.29. The predicted octanol–water partition coefficient (Wildman–Crippen LogP) is 2.46. The lowest BCUT2D eigenvalue weighted by Gasteiger charge is -2.07. The second kappa shape index (κ2) is 5.84. The molecule has 0 saturated carbocycles. The Labute approximate surface area is 124 Å². The minimum atomic E-state index is -0.294. The molecular weight excluding hydrogens is 295 g/mol. The molecule has 0 spiro atoms. The van der Waals surface area contributed by atoms with Crippen molar-refractivity contribution in [3.05, 3.63) is 59.4 Å². The Balaban J connectivity index is 1.81. The van der Waals surface area contributed by atoms with E-state index in [4.69, 9.17) is 11.6 Å². The van der Waals surface area contributed by atoms with Crippen molar-refractivity contribution in [1.29, 1.82) is 0 Å². The first kappa shape index (κ1) is 13.4. The average molecular weight is 305 g/mol. The summed E-state index contributed by atoms with van der Waals surface area (Å²) in [4.78, 5) is 12.1. The first-order valence-corrected chi connectivity index (χ1v) is 6.49. The third kappa shape index (κ3) is 3.14.